The molecule has 4 nitrogen and oxygen atoms in total. The largest absolute Gasteiger partial charge is 0.508 e. The van der Waals surface area contributed by atoms with E-state index in [4.69, 9.17) is 0 Å². The van der Waals surface area contributed by atoms with Gasteiger partial charge in [0.25, 0.3) is 0 Å². The molecule has 0 radical (unpaired) electrons. The van der Waals surface area contributed by atoms with Crippen LogP contribution in [-0.2, 0) is 6.54 Å². The van der Waals surface area contributed by atoms with Crippen LogP contribution in [0.5, 0.6) is 11.5 Å². The zero-order chi connectivity index (χ0) is 14.5. The molecule has 0 aliphatic carbocycles. The maximum absolute atomic E-state index is 12.1. The van der Waals surface area contributed by atoms with Gasteiger partial charge in [-0.05, 0) is 24.7 Å². The molecule has 2 aromatic carbocycles. The number of phenols is 2. The minimum atomic E-state index is -0.144. The highest BCUT2D eigenvalue weighted by Crippen LogP contribution is 2.20. The number of carbonyl (C=O) groups excluding carboxylic acids is 1. The van der Waals surface area contributed by atoms with E-state index in [-0.39, 0.29) is 36.2 Å². The molecule has 0 fully saturated rings. The highest BCUT2D eigenvalue weighted by Gasteiger charge is 2.11. The molecule has 2 rings (SSSR count). The summed E-state index contributed by atoms with van der Waals surface area (Å²) >= 11 is 0. The van der Waals surface area contributed by atoms with Crippen molar-refractivity contribution in [2.45, 2.75) is 6.54 Å². The molecular weight excluding hydrogens is 290 g/mol. The van der Waals surface area contributed by atoms with Crippen molar-refractivity contribution >= 4 is 18.2 Å². The number of rotatable bonds is 5. The topological polar surface area (TPSA) is 60.8 Å². The first kappa shape index (κ1) is 17.0. The lowest BCUT2D eigenvalue weighted by Gasteiger charge is -2.16. The zero-order valence-corrected chi connectivity index (χ0v) is 12.5. The lowest BCUT2D eigenvalue weighted by atomic mass is 10.1. The van der Waals surface area contributed by atoms with Crippen molar-refractivity contribution in [2.75, 3.05) is 13.6 Å². The summed E-state index contributed by atoms with van der Waals surface area (Å²) < 4.78 is 0. The number of halogens is 1. The standard InChI is InChI=1S/C16H17NO3.ClH/c1-17(10-12-5-3-2-4-6-12)11-16(20)13-7-14(18)9-15(19)8-13;/h2-9,18-19H,10-11H2,1H3;1H. The van der Waals surface area contributed by atoms with Crippen molar-refractivity contribution in [3.63, 3.8) is 0 Å². The molecular formula is C16H18ClNO3. The van der Waals surface area contributed by atoms with Crippen LogP contribution in [0.2, 0.25) is 0 Å². The van der Waals surface area contributed by atoms with E-state index in [0.29, 0.717) is 12.1 Å². The van der Waals surface area contributed by atoms with Crippen LogP contribution in [0.4, 0.5) is 0 Å². The molecule has 0 aromatic heterocycles. The molecule has 0 aliphatic rings. The van der Waals surface area contributed by atoms with E-state index >= 15 is 0 Å². The molecule has 5 heteroatoms. The Bertz CT molecular complexity index is 581. The van der Waals surface area contributed by atoms with E-state index in [9.17, 15) is 15.0 Å². The van der Waals surface area contributed by atoms with Gasteiger partial charge in [0.2, 0.25) is 0 Å². The van der Waals surface area contributed by atoms with Crippen molar-refractivity contribution in [2.24, 2.45) is 0 Å². The van der Waals surface area contributed by atoms with Gasteiger partial charge >= 0.3 is 0 Å². The van der Waals surface area contributed by atoms with Crippen LogP contribution in [0.3, 0.4) is 0 Å². The second-order valence-corrected chi connectivity index (χ2v) is 4.82. The van der Waals surface area contributed by atoms with Gasteiger partial charge in [0, 0.05) is 18.2 Å². The third-order valence-corrected chi connectivity index (χ3v) is 2.93. The second-order valence-electron chi connectivity index (χ2n) is 4.82. The first-order valence-corrected chi connectivity index (χ1v) is 6.33. The molecule has 0 saturated carbocycles. The van der Waals surface area contributed by atoms with Crippen LogP contribution < -0.4 is 0 Å². The Labute approximate surface area is 130 Å². The summed E-state index contributed by atoms with van der Waals surface area (Å²) in [6, 6.07) is 13.8. The van der Waals surface area contributed by atoms with Crippen molar-refractivity contribution in [1.29, 1.82) is 0 Å². The summed E-state index contributed by atoms with van der Waals surface area (Å²) in [5.41, 5.74) is 1.43. The fourth-order valence-corrected chi connectivity index (χ4v) is 2.04. The van der Waals surface area contributed by atoms with Gasteiger partial charge < -0.3 is 10.2 Å². The first-order chi connectivity index (χ1) is 9.54. The van der Waals surface area contributed by atoms with Crippen LogP contribution in [0, 0.1) is 0 Å². The SMILES string of the molecule is CN(CC(=O)c1cc(O)cc(O)c1)Cc1ccccc1.Cl. The number of Topliss-reactive ketones (excluding diaryl/α,β-unsaturated/α-hetero) is 1. The lowest BCUT2D eigenvalue weighted by molar-refractivity contribution is 0.0942. The Morgan fingerprint density at radius 2 is 1.62 bits per heavy atom. The predicted molar refractivity (Wildman–Crippen MR) is 84.1 cm³/mol. The van der Waals surface area contributed by atoms with Crippen LogP contribution in [0.25, 0.3) is 0 Å². The summed E-state index contributed by atoms with van der Waals surface area (Å²) in [5.74, 6) is -0.368. The normalized spacial score (nSPS) is 10.2. The minimum Gasteiger partial charge on any atom is -0.508 e. The molecule has 21 heavy (non-hydrogen) atoms. The van der Waals surface area contributed by atoms with Gasteiger partial charge in [-0.25, -0.2) is 0 Å². The molecule has 0 heterocycles. The van der Waals surface area contributed by atoms with Gasteiger partial charge in [0.05, 0.1) is 6.54 Å². The molecule has 2 N–H and O–H groups in total. The van der Waals surface area contributed by atoms with Gasteiger partial charge in [-0.15, -0.1) is 12.4 Å². The Balaban J connectivity index is 0.00000220. The lowest BCUT2D eigenvalue weighted by Crippen LogP contribution is -2.25. The van der Waals surface area contributed by atoms with Gasteiger partial charge in [-0.1, -0.05) is 30.3 Å². The average Bonchev–Trinajstić information content (AvgIpc) is 2.38. The second kappa shape index (κ2) is 7.67. The number of ketones is 1. The van der Waals surface area contributed by atoms with E-state index < -0.39 is 0 Å². The highest BCUT2D eigenvalue weighted by atomic mass is 35.5. The summed E-state index contributed by atoms with van der Waals surface area (Å²) in [6.07, 6.45) is 0. The van der Waals surface area contributed by atoms with E-state index in [0.717, 1.165) is 5.56 Å². The Kier molecular flexibility index (Phi) is 6.21. The third kappa shape index (κ3) is 5.10. The van der Waals surface area contributed by atoms with Crippen molar-refractivity contribution in [1.82, 2.24) is 4.90 Å². The molecule has 112 valence electrons. The Morgan fingerprint density at radius 3 is 2.19 bits per heavy atom. The third-order valence-electron chi connectivity index (χ3n) is 2.93. The molecule has 0 amide bonds. The maximum atomic E-state index is 12.1. The number of likely N-dealkylation sites (N-methyl/N-ethyl adjacent to an activating group) is 1. The molecule has 2 aromatic rings. The Morgan fingerprint density at radius 1 is 1.05 bits per heavy atom. The maximum Gasteiger partial charge on any atom is 0.177 e. The van der Waals surface area contributed by atoms with Gasteiger partial charge in [-0.2, -0.15) is 0 Å². The van der Waals surface area contributed by atoms with Crippen molar-refractivity contribution in [3.8, 4) is 11.5 Å². The van der Waals surface area contributed by atoms with Crippen LogP contribution >= 0.6 is 12.4 Å². The van der Waals surface area contributed by atoms with E-state index in [1.165, 1.54) is 18.2 Å². The van der Waals surface area contributed by atoms with E-state index in [1.54, 1.807) is 0 Å². The number of nitrogens with zero attached hydrogens (tertiary/aromatic N) is 1. The number of carbonyl (C=O) groups is 1. The number of phenolic OH excluding ortho intramolecular Hbond substituents is 2. The molecule has 0 aliphatic heterocycles. The van der Waals surface area contributed by atoms with Crippen LogP contribution in [-0.4, -0.2) is 34.5 Å². The smallest absolute Gasteiger partial charge is 0.177 e. The Hall–Kier alpha value is -2.04. The molecule has 0 atom stereocenters. The van der Waals surface area contributed by atoms with Gasteiger partial charge in [0.15, 0.2) is 5.78 Å². The van der Waals surface area contributed by atoms with E-state index in [1.807, 2.05) is 42.3 Å². The fraction of sp³-hybridized carbons (Fsp3) is 0.188. The fourth-order valence-electron chi connectivity index (χ4n) is 2.04. The predicted octanol–water partition coefficient (Wildman–Crippen LogP) is 2.83. The quantitative estimate of drug-likeness (QED) is 0.834. The summed E-state index contributed by atoms with van der Waals surface area (Å²) in [5, 5.41) is 18.8. The van der Waals surface area contributed by atoms with Crippen LogP contribution in [0.1, 0.15) is 15.9 Å². The van der Waals surface area contributed by atoms with Crippen molar-refractivity contribution in [3.05, 3.63) is 59.7 Å². The van der Waals surface area contributed by atoms with Crippen molar-refractivity contribution < 1.29 is 15.0 Å². The summed E-state index contributed by atoms with van der Waals surface area (Å²) in [7, 11) is 1.85. The molecule has 0 saturated heterocycles. The van der Waals surface area contributed by atoms with Crippen LogP contribution in [0.15, 0.2) is 48.5 Å². The molecule has 0 spiro atoms. The summed E-state index contributed by atoms with van der Waals surface area (Å²) in [4.78, 5) is 14.0. The zero-order valence-electron chi connectivity index (χ0n) is 11.7. The summed E-state index contributed by atoms with van der Waals surface area (Å²) in [6.45, 7) is 0.884. The molecule has 0 unspecified atom stereocenters. The first-order valence-electron chi connectivity index (χ1n) is 6.33. The highest BCUT2D eigenvalue weighted by molar-refractivity contribution is 5.98. The van der Waals surface area contributed by atoms with Gasteiger partial charge in [0.1, 0.15) is 11.5 Å². The number of hydrogen-bond acceptors (Lipinski definition) is 4. The van der Waals surface area contributed by atoms with E-state index in [2.05, 4.69) is 0 Å². The monoisotopic (exact) mass is 307 g/mol. The average molecular weight is 308 g/mol. The number of aromatic hydroxyl groups is 2. The number of hydrogen-bond donors (Lipinski definition) is 2. The van der Waals surface area contributed by atoms with Gasteiger partial charge in [-0.3, -0.25) is 9.69 Å². The molecule has 0 bridgehead atoms. The minimum absolute atomic E-state index is 0. The number of benzene rings is 2.